The summed E-state index contributed by atoms with van der Waals surface area (Å²) < 4.78 is 5.23. The molecule has 0 aliphatic carbocycles. The van der Waals surface area contributed by atoms with E-state index in [1.807, 2.05) is 13.8 Å². The molecule has 24 heavy (non-hydrogen) atoms. The molecule has 0 spiro atoms. The van der Waals surface area contributed by atoms with Crippen LogP contribution in [0.3, 0.4) is 0 Å². The molecule has 0 radical (unpaired) electrons. The molecule has 0 bridgehead atoms. The molecule has 1 heterocycles. The predicted molar refractivity (Wildman–Crippen MR) is 91.9 cm³/mol. The summed E-state index contributed by atoms with van der Waals surface area (Å²) in [5, 5.41) is 5.57. The van der Waals surface area contributed by atoms with Crippen molar-refractivity contribution < 1.29 is 14.3 Å². The van der Waals surface area contributed by atoms with Gasteiger partial charge < -0.3 is 20.4 Å². The maximum absolute atomic E-state index is 12.3. The van der Waals surface area contributed by atoms with Crippen molar-refractivity contribution in [3.05, 3.63) is 30.1 Å². The third-order valence-electron chi connectivity index (χ3n) is 3.21. The number of ether oxygens (including phenoxy) is 1. The van der Waals surface area contributed by atoms with Crippen molar-refractivity contribution in [2.45, 2.75) is 45.8 Å². The molecule has 0 aliphatic rings. The summed E-state index contributed by atoms with van der Waals surface area (Å²) in [7, 11) is 0. The first-order valence-electron chi connectivity index (χ1n) is 7.78. The second-order valence-corrected chi connectivity index (χ2v) is 7.33. The first-order valence-corrected chi connectivity index (χ1v) is 7.78. The number of carbonyl (C=O) groups excluding carboxylic acids is 2. The van der Waals surface area contributed by atoms with Gasteiger partial charge in [0.15, 0.2) is 0 Å². The smallest absolute Gasteiger partial charge is 0.408 e. The molecule has 0 saturated heterocycles. The minimum atomic E-state index is -0.643. The molecule has 0 fully saturated rings. The Morgan fingerprint density at radius 2 is 1.92 bits per heavy atom. The number of aromatic amines is 1. The number of amides is 2. The summed E-state index contributed by atoms with van der Waals surface area (Å²) in [6.07, 6.45) is 1.07. The van der Waals surface area contributed by atoms with Gasteiger partial charge in [0, 0.05) is 12.1 Å². The van der Waals surface area contributed by atoms with E-state index < -0.39 is 17.2 Å². The van der Waals surface area contributed by atoms with E-state index in [1.165, 1.54) is 0 Å². The monoisotopic (exact) mass is 332 g/mol. The van der Waals surface area contributed by atoms with Gasteiger partial charge in [0.2, 0.25) is 0 Å². The summed E-state index contributed by atoms with van der Waals surface area (Å²) in [6.45, 7) is 9.30. The molecule has 2 amide bonds. The van der Waals surface area contributed by atoms with Gasteiger partial charge in [-0.3, -0.25) is 4.79 Å². The zero-order chi connectivity index (χ0) is 18.0. The van der Waals surface area contributed by atoms with Gasteiger partial charge in [-0.05, 0) is 52.8 Å². The minimum Gasteiger partial charge on any atom is -0.444 e. The van der Waals surface area contributed by atoms with Crippen LogP contribution in [-0.4, -0.2) is 39.7 Å². The van der Waals surface area contributed by atoms with E-state index in [9.17, 15) is 9.59 Å². The molecule has 3 N–H and O–H groups in total. The van der Waals surface area contributed by atoms with Gasteiger partial charge in [-0.2, -0.15) is 0 Å². The average Bonchev–Trinajstić information content (AvgIpc) is 2.89. The van der Waals surface area contributed by atoms with Crippen molar-refractivity contribution in [3.8, 4) is 0 Å². The molecule has 7 nitrogen and oxygen atoms in total. The molecule has 0 saturated carbocycles. The van der Waals surface area contributed by atoms with Crippen LogP contribution in [-0.2, 0) is 4.74 Å². The lowest BCUT2D eigenvalue weighted by Gasteiger charge is -2.28. The predicted octanol–water partition coefficient (Wildman–Crippen LogP) is 2.60. The number of H-pyrrole nitrogens is 1. The molecule has 7 heteroatoms. The number of carbonyl (C=O) groups is 2. The van der Waals surface area contributed by atoms with Crippen LogP contribution in [0, 0.1) is 0 Å². The zero-order valence-electron chi connectivity index (χ0n) is 14.7. The third-order valence-corrected chi connectivity index (χ3v) is 3.21. The van der Waals surface area contributed by atoms with Crippen molar-refractivity contribution in [3.63, 3.8) is 0 Å². The lowest BCUT2D eigenvalue weighted by atomic mass is 10.1. The Bertz CT molecular complexity index is 744. The maximum atomic E-state index is 12.3. The summed E-state index contributed by atoms with van der Waals surface area (Å²) >= 11 is 0. The topological polar surface area (TPSA) is 96.1 Å². The molecular formula is C17H24N4O3. The zero-order valence-corrected chi connectivity index (χ0v) is 14.7. The van der Waals surface area contributed by atoms with E-state index in [-0.39, 0.29) is 12.5 Å². The Hall–Kier alpha value is -2.57. The van der Waals surface area contributed by atoms with E-state index in [0.717, 1.165) is 11.0 Å². The number of imidazole rings is 1. The van der Waals surface area contributed by atoms with Crippen molar-refractivity contribution in [2.75, 3.05) is 6.54 Å². The number of aromatic nitrogens is 2. The van der Waals surface area contributed by atoms with E-state index in [4.69, 9.17) is 4.74 Å². The van der Waals surface area contributed by atoms with Gasteiger partial charge in [0.1, 0.15) is 5.60 Å². The largest absolute Gasteiger partial charge is 0.444 e. The summed E-state index contributed by atoms with van der Waals surface area (Å²) in [5.74, 6) is -0.217. The molecule has 0 aliphatic heterocycles. The van der Waals surface area contributed by atoms with Crippen LogP contribution < -0.4 is 10.6 Å². The minimum absolute atomic E-state index is 0.217. The molecule has 0 unspecified atom stereocenters. The Balaban J connectivity index is 1.93. The second-order valence-electron chi connectivity index (χ2n) is 7.33. The fourth-order valence-electron chi connectivity index (χ4n) is 2.10. The molecule has 130 valence electrons. The van der Waals surface area contributed by atoms with Gasteiger partial charge in [0.25, 0.3) is 5.91 Å². The average molecular weight is 332 g/mol. The maximum Gasteiger partial charge on any atom is 0.408 e. The molecular weight excluding hydrogens is 308 g/mol. The lowest BCUT2D eigenvalue weighted by Crippen LogP contribution is -2.52. The van der Waals surface area contributed by atoms with Crippen molar-refractivity contribution in [1.82, 2.24) is 20.6 Å². The van der Waals surface area contributed by atoms with E-state index >= 15 is 0 Å². The number of nitrogens with one attached hydrogen (secondary N) is 3. The number of nitrogens with zero attached hydrogens (tertiary/aromatic N) is 1. The lowest BCUT2D eigenvalue weighted by molar-refractivity contribution is 0.0469. The standard InChI is InChI=1S/C17H24N4O3/c1-16(2,3)24-15(23)21-17(4,5)9-18-14(22)11-6-7-12-13(8-11)20-10-19-12/h6-8,10H,9H2,1-5H3,(H,18,22)(H,19,20)(H,21,23). The van der Waals surface area contributed by atoms with Gasteiger partial charge in [-0.15, -0.1) is 0 Å². The Labute approximate surface area is 141 Å². The number of benzene rings is 1. The Morgan fingerprint density at radius 3 is 2.58 bits per heavy atom. The van der Waals surface area contributed by atoms with Crippen LogP contribution in [0.15, 0.2) is 24.5 Å². The number of hydrogen-bond donors (Lipinski definition) is 3. The molecule has 0 atom stereocenters. The second kappa shape index (κ2) is 6.51. The first-order chi connectivity index (χ1) is 11.1. The normalized spacial score (nSPS) is 12.0. The van der Waals surface area contributed by atoms with E-state index in [0.29, 0.717) is 5.56 Å². The molecule has 2 rings (SSSR count). The van der Waals surface area contributed by atoms with E-state index in [1.54, 1.807) is 45.3 Å². The fraction of sp³-hybridized carbons (Fsp3) is 0.471. The van der Waals surface area contributed by atoms with Gasteiger partial charge in [-0.25, -0.2) is 9.78 Å². The quantitative estimate of drug-likeness (QED) is 0.802. The SMILES string of the molecule is CC(C)(CNC(=O)c1ccc2nc[nH]c2c1)NC(=O)OC(C)(C)C. The van der Waals surface area contributed by atoms with Crippen LogP contribution in [0.5, 0.6) is 0 Å². The van der Waals surface area contributed by atoms with Crippen LogP contribution in [0.1, 0.15) is 45.0 Å². The van der Waals surface area contributed by atoms with Gasteiger partial charge in [-0.1, -0.05) is 0 Å². The Kier molecular flexibility index (Phi) is 4.82. The third kappa shape index (κ3) is 4.97. The fourth-order valence-corrected chi connectivity index (χ4v) is 2.10. The highest BCUT2D eigenvalue weighted by atomic mass is 16.6. The Morgan fingerprint density at radius 1 is 1.21 bits per heavy atom. The first kappa shape index (κ1) is 17.8. The summed E-state index contributed by atoms with van der Waals surface area (Å²) in [4.78, 5) is 31.2. The number of hydrogen-bond acceptors (Lipinski definition) is 4. The summed E-state index contributed by atoms with van der Waals surface area (Å²) in [6, 6.07) is 5.24. The molecule has 1 aromatic carbocycles. The van der Waals surface area contributed by atoms with Crippen LogP contribution in [0.2, 0.25) is 0 Å². The van der Waals surface area contributed by atoms with Gasteiger partial charge >= 0.3 is 6.09 Å². The van der Waals surface area contributed by atoms with Crippen LogP contribution in [0.25, 0.3) is 11.0 Å². The van der Waals surface area contributed by atoms with E-state index in [2.05, 4.69) is 20.6 Å². The van der Waals surface area contributed by atoms with Gasteiger partial charge in [0.05, 0.1) is 22.9 Å². The van der Waals surface area contributed by atoms with Crippen molar-refractivity contribution in [2.24, 2.45) is 0 Å². The van der Waals surface area contributed by atoms with Crippen molar-refractivity contribution in [1.29, 1.82) is 0 Å². The molecule has 1 aromatic heterocycles. The highest BCUT2D eigenvalue weighted by molar-refractivity contribution is 5.97. The summed E-state index contributed by atoms with van der Waals surface area (Å²) in [5.41, 5.74) is 0.922. The highest BCUT2D eigenvalue weighted by Crippen LogP contribution is 2.12. The van der Waals surface area contributed by atoms with Crippen LogP contribution >= 0.6 is 0 Å². The molecule has 2 aromatic rings. The number of fused-ring (bicyclic) bond motifs is 1. The number of rotatable bonds is 4. The van der Waals surface area contributed by atoms with Crippen LogP contribution in [0.4, 0.5) is 4.79 Å². The number of alkyl carbamates (subject to hydrolysis) is 1. The highest BCUT2D eigenvalue weighted by Gasteiger charge is 2.25. The van der Waals surface area contributed by atoms with Crippen molar-refractivity contribution >= 4 is 23.0 Å².